The van der Waals surface area contributed by atoms with E-state index < -0.39 is 0 Å². The molecule has 0 aliphatic carbocycles. The van der Waals surface area contributed by atoms with Crippen LogP contribution in [0.3, 0.4) is 0 Å². The molecule has 0 aromatic heterocycles. The number of nitrogens with two attached hydrogens (primary N) is 1. The number of anilines is 1. The van der Waals surface area contributed by atoms with Crippen molar-refractivity contribution in [1.29, 1.82) is 0 Å². The van der Waals surface area contributed by atoms with Crippen LogP contribution in [0, 0.1) is 5.82 Å². The van der Waals surface area contributed by atoms with Crippen molar-refractivity contribution in [2.75, 3.05) is 31.1 Å². The minimum absolute atomic E-state index is 0.0170. The Kier molecular flexibility index (Phi) is 4.45. The van der Waals surface area contributed by atoms with E-state index in [4.69, 9.17) is 5.73 Å². The standard InChI is InChI=1S/C17H26FN3/c1-13(19)11-15-16(18)6-4-7-17(15)21-10-9-20-8-3-2-5-14(20)12-21/h4,6-7,13-14H,2-3,5,8-12,19H2,1H3. The molecule has 0 radical (unpaired) electrons. The molecule has 3 nitrogen and oxygen atoms in total. The summed E-state index contributed by atoms with van der Waals surface area (Å²) in [6, 6.07) is 6.05. The van der Waals surface area contributed by atoms with Gasteiger partial charge in [0.25, 0.3) is 0 Å². The summed E-state index contributed by atoms with van der Waals surface area (Å²) < 4.78 is 14.2. The van der Waals surface area contributed by atoms with Crippen molar-refractivity contribution in [2.24, 2.45) is 5.73 Å². The van der Waals surface area contributed by atoms with Gasteiger partial charge in [-0.15, -0.1) is 0 Å². The molecule has 2 saturated heterocycles. The molecule has 2 fully saturated rings. The highest BCUT2D eigenvalue weighted by molar-refractivity contribution is 5.55. The highest BCUT2D eigenvalue weighted by atomic mass is 19.1. The fourth-order valence-corrected chi connectivity index (χ4v) is 3.74. The Hall–Kier alpha value is -1.13. The number of halogens is 1. The number of rotatable bonds is 3. The van der Waals surface area contributed by atoms with Crippen LogP contribution in [-0.4, -0.2) is 43.2 Å². The third-order valence-corrected chi connectivity index (χ3v) is 4.80. The Bertz CT molecular complexity index is 489. The average molecular weight is 291 g/mol. The van der Waals surface area contributed by atoms with Crippen molar-refractivity contribution in [1.82, 2.24) is 4.90 Å². The summed E-state index contributed by atoms with van der Waals surface area (Å²) in [6.07, 6.45) is 4.53. The van der Waals surface area contributed by atoms with Crippen molar-refractivity contribution in [3.05, 3.63) is 29.6 Å². The minimum Gasteiger partial charge on any atom is -0.368 e. The Morgan fingerprint density at radius 1 is 1.29 bits per heavy atom. The van der Waals surface area contributed by atoms with Crippen LogP contribution in [0.5, 0.6) is 0 Å². The van der Waals surface area contributed by atoms with Gasteiger partial charge >= 0.3 is 0 Å². The normalized spacial score (nSPS) is 24.7. The Balaban J connectivity index is 1.81. The zero-order chi connectivity index (χ0) is 14.8. The zero-order valence-electron chi connectivity index (χ0n) is 12.9. The smallest absolute Gasteiger partial charge is 0.128 e. The first kappa shape index (κ1) is 14.8. The van der Waals surface area contributed by atoms with Gasteiger partial charge in [-0.2, -0.15) is 0 Å². The van der Waals surface area contributed by atoms with Crippen LogP contribution in [0.2, 0.25) is 0 Å². The van der Waals surface area contributed by atoms with Gasteiger partial charge in [0, 0.05) is 43.0 Å². The quantitative estimate of drug-likeness (QED) is 0.928. The van der Waals surface area contributed by atoms with E-state index in [0.29, 0.717) is 12.5 Å². The molecule has 2 aliphatic heterocycles. The van der Waals surface area contributed by atoms with Gasteiger partial charge < -0.3 is 10.6 Å². The molecule has 21 heavy (non-hydrogen) atoms. The SMILES string of the molecule is CC(N)Cc1c(F)cccc1N1CCN2CCCCC2C1. The average Bonchev–Trinajstić information content (AvgIpc) is 2.48. The van der Waals surface area contributed by atoms with E-state index >= 15 is 0 Å². The molecule has 2 aliphatic rings. The number of nitrogens with zero attached hydrogens (tertiary/aromatic N) is 2. The van der Waals surface area contributed by atoms with Gasteiger partial charge in [0.15, 0.2) is 0 Å². The first-order valence-electron chi connectivity index (χ1n) is 8.17. The van der Waals surface area contributed by atoms with Crippen LogP contribution in [0.15, 0.2) is 18.2 Å². The molecule has 0 amide bonds. The van der Waals surface area contributed by atoms with Gasteiger partial charge in [-0.1, -0.05) is 12.5 Å². The lowest BCUT2D eigenvalue weighted by atomic mass is 9.97. The lowest BCUT2D eigenvalue weighted by Gasteiger charge is -2.45. The summed E-state index contributed by atoms with van der Waals surface area (Å²) in [4.78, 5) is 4.97. The van der Waals surface area contributed by atoms with Crippen LogP contribution < -0.4 is 10.6 Å². The second-order valence-electron chi connectivity index (χ2n) is 6.55. The van der Waals surface area contributed by atoms with Crippen LogP contribution in [0.25, 0.3) is 0 Å². The second-order valence-corrected chi connectivity index (χ2v) is 6.55. The fourth-order valence-electron chi connectivity index (χ4n) is 3.74. The first-order chi connectivity index (χ1) is 10.1. The summed E-state index contributed by atoms with van der Waals surface area (Å²) in [5.74, 6) is -0.115. The second kappa shape index (κ2) is 6.32. The molecule has 116 valence electrons. The topological polar surface area (TPSA) is 32.5 Å². The molecule has 4 heteroatoms. The van der Waals surface area contributed by atoms with Gasteiger partial charge in [-0.3, -0.25) is 4.90 Å². The third kappa shape index (κ3) is 3.22. The Morgan fingerprint density at radius 3 is 2.95 bits per heavy atom. The molecule has 0 bridgehead atoms. The predicted octanol–water partition coefficient (Wildman–Crippen LogP) is 2.39. The fraction of sp³-hybridized carbons (Fsp3) is 0.647. The van der Waals surface area contributed by atoms with E-state index in [0.717, 1.165) is 30.9 Å². The molecule has 0 saturated carbocycles. The van der Waals surface area contributed by atoms with Crippen molar-refractivity contribution in [3.63, 3.8) is 0 Å². The minimum atomic E-state index is -0.115. The number of hydrogen-bond donors (Lipinski definition) is 1. The van der Waals surface area contributed by atoms with E-state index in [1.807, 2.05) is 13.0 Å². The van der Waals surface area contributed by atoms with E-state index in [1.54, 1.807) is 6.07 Å². The molecule has 2 unspecified atom stereocenters. The number of fused-ring (bicyclic) bond motifs is 1. The summed E-state index contributed by atoms with van der Waals surface area (Å²) in [7, 11) is 0. The van der Waals surface area contributed by atoms with Gasteiger partial charge in [-0.25, -0.2) is 4.39 Å². The van der Waals surface area contributed by atoms with Crippen LogP contribution in [-0.2, 0) is 6.42 Å². The van der Waals surface area contributed by atoms with Crippen molar-refractivity contribution in [3.8, 4) is 0 Å². The highest BCUT2D eigenvalue weighted by Gasteiger charge is 2.30. The molecule has 1 aromatic rings. The Morgan fingerprint density at radius 2 is 2.14 bits per heavy atom. The molecule has 2 heterocycles. The zero-order valence-corrected chi connectivity index (χ0v) is 12.9. The summed E-state index contributed by atoms with van der Waals surface area (Å²) in [5.41, 5.74) is 7.75. The van der Waals surface area contributed by atoms with Gasteiger partial charge in [0.1, 0.15) is 5.82 Å². The molecule has 0 spiro atoms. The maximum Gasteiger partial charge on any atom is 0.128 e. The Labute approximate surface area is 126 Å². The maximum atomic E-state index is 14.2. The van der Waals surface area contributed by atoms with Gasteiger partial charge in [-0.05, 0) is 44.9 Å². The van der Waals surface area contributed by atoms with Crippen LogP contribution in [0.1, 0.15) is 31.7 Å². The third-order valence-electron chi connectivity index (χ3n) is 4.80. The van der Waals surface area contributed by atoms with Crippen molar-refractivity contribution < 1.29 is 4.39 Å². The van der Waals surface area contributed by atoms with Crippen LogP contribution >= 0.6 is 0 Å². The summed E-state index contributed by atoms with van der Waals surface area (Å²) in [5, 5.41) is 0. The maximum absolute atomic E-state index is 14.2. The molecule has 1 aromatic carbocycles. The van der Waals surface area contributed by atoms with E-state index in [2.05, 4.69) is 15.9 Å². The monoisotopic (exact) mass is 291 g/mol. The number of benzene rings is 1. The first-order valence-corrected chi connectivity index (χ1v) is 8.17. The number of hydrogen-bond acceptors (Lipinski definition) is 3. The van der Waals surface area contributed by atoms with Crippen molar-refractivity contribution in [2.45, 2.75) is 44.7 Å². The highest BCUT2D eigenvalue weighted by Crippen LogP contribution is 2.29. The van der Waals surface area contributed by atoms with Crippen molar-refractivity contribution >= 4 is 5.69 Å². The van der Waals surface area contributed by atoms with Gasteiger partial charge in [0.2, 0.25) is 0 Å². The van der Waals surface area contributed by atoms with E-state index in [-0.39, 0.29) is 11.9 Å². The molecule has 2 atom stereocenters. The lowest BCUT2D eigenvalue weighted by Crippen LogP contribution is -2.55. The number of piperidine rings is 1. The summed E-state index contributed by atoms with van der Waals surface area (Å²) in [6.45, 7) is 6.28. The summed E-state index contributed by atoms with van der Waals surface area (Å²) >= 11 is 0. The molecule has 3 rings (SSSR count). The van der Waals surface area contributed by atoms with Crippen LogP contribution in [0.4, 0.5) is 10.1 Å². The number of piperazine rings is 1. The molecular formula is C17H26FN3. The molecule has 2 N–H and O–H groups in total. The van der Waals surface area contributed by atoms with E-state index in [1.165, 1.54) is 25.8 Å². The largest absolute Gasteiger partial charge is 0.368 e. The predicted molar refractivity (Wildman–Crippen MR) is 85.2 cm³/mol. The van der Waals surface area contributed by atoms with Gasteiger partial charge in [0.05, 0.1) is 0 Å². The molecular weight excluding hydrogens is 265 g/mol. The lowest BCUT2D eigenvalue weighted by molar-refractivity contribution is 0.133. The van der Waals surface area contributed by atoms with E-state index in [9.17, 15) is 4.39 Å².